The van der Waals surface area contributed by atoms with E-state index in [1.54, 1.807) is 6.07 Å². The van der Waals surface area contributed by atoms with E-state index in [-0.39, 0.29) is 5.82 Å². The number of halogens is 2. The molecule has 1 aliphatic rings. The van der Waals surface area contributed by atoms with E-state index >= 15 is 0 Å². The third kappa shape index (κ3) is 3.43. The largest absolute Gasteiger partial charge is 0.310 e. The van der Waals surface area contributed by atoms with Gasteiger partial charge in [-0.25, -0.2) is 4.39 Å². The lowest BCUT2D eigenvalue weighted by atomic mass is 9.75. The van der Waals surface area contributed by atoms with Crippen LogP contribution in [-0.4, -0.2) is 6.54 Å². The summed E-state index contributed by atoms with van der Waals surface area (Å²) in [6, 6.07) is 5.77. The summed E-state index contributed by atoms with van der Waals surface area (Å²) in [5.74, 6) is 0.431. The highest BCUT2D eigenvalue weighted by Crippen LogP contribution is 2.48. The monoisotopic (exact) mass is 341 g/mol. The molecule has 0 aromatic heterocycles. The summed E-state index contributed by atoms with van der Waals surface area (Å²) in [5, 5.41) is 3.69. The lowest BCUT2D eigenvalue weighted by Gasteiger charge is -2.35. The number of nitrogens with one attached hydrogen (secondary N) is 1. The second-order valence-electron chi connectivity index (χ2n) is 6.59. The molecule has 0 spiro atoms. The van der Waals surface area contributed by atoms with Crippen molar-refractivity contribution in [1.82, 2.24) is 5.32 Å². The minimum atomic E-state index is -0.186. The van der Waals surface area contributed by atoms with Gasteiger partial charge in [-0.15, -0.1) is 0 Å². The lowest BCUT2D eigenvalue weighted by Crippen LogP contribution is -2.34. The van der Waals surface area contributed by atoms with Gasteiger partial charge in [0.05, 0.1) is 4.47 Å². The molecule has 1 saturated carbocycles. The van der Waals surface area contributed by atoms with E-state index in [0.29, 0.717) is 21.8 Å². The zero-order valence-corrected chi connectivity index (χ0v) is 14.3. The molecule has 1 aliphatic carbocycles. The van der Waals surface area contributed by atoms with Crippen LogP contribution in [0.1, 0.15) is 58.1 Å². The van der Waals surface area contributed by atoms with Crippen LogP contribution in [0.25, 0.3) is 0 Å². The summed E-state index contributed by atoms with van der Waals surface area (Å²) in [4.78, 5) is 0. The molecular weight excluding hydrogens is 317 g/mol. The molecule has 2 rings (SSSR count). The Morgan fingerprint density at radius 3 is 2.75 bits per heavy atom. The first kappa shape index (κ1) is 16.0. The fraction of sp³-hybridized carbons (Fsp3) is 0.647. The molecule has 1 N–H and O–H groups in total. The summed E-state index contributed by atoms with van der Waals surface area (Å²) in [7, 11) is 0. The molecule has 1 nitrogen and oxygen atoms in total. The van der Waals surface area contributed by atoms with Gasteiger partial charge >= 0.3 is 0 Å². The Morgan fingerprint density at radius 2 is 2.20 bits per heavy atom. The van der Waals surface area contributed by atoms with E-state index in [2.05, 4.69) is 42.0 Å². The van der Waals surface area contributed by atoms with Crippen LogP contribution in [0.3, 0.4) is 0 Å². The van der Waals surface area contributed by atoms with Crippen LogP contribution in [-0.2, 0) is 0 Å². The third-order valence-electron chi connectivity index (χ3n) is 4.66. The van der Waals surface area contributed by atoms with E-state index in [1.165, 1.54) is 24.8 Å². The van der Waals surface area contributed by atoms with Crippen LogP contribution in [0, 0.1) is 17.2 Å². The maximum absolute atomic E-state index is 13.5. The van der Waals surface area contributed by atoms with Gasteiger partial charge in [0.2, 0.25) is 0 Å². The second kappa shape index (κ2) is 6.57. The summed E-state index contributed by atoms with van der Waals surface area (Å²) in [6.07, 6.45) is 4.95. The molecule has 20 heavy (non-hydrogen) atoms. The maximum atomic E-state index is 13.5. The zero-order valence-electron chi connectivity index (χ0n) is 12.7. The van der Waals surface area contributed by atoms with Gasteiger partial charge in [0.15, 0.2) is 0 Å². The summed E-state index contributed by atoms with van der Waals surface area (Å²) >= 11 is 3.32. The van der Waals surface area contributed by atoms with Gasteiger partial charge in [-0.3, -0.25) is 0 Å². The van der Waals surface area contributed by atoms with Crippen LogP contribution in [0.4, 0.5) is 4.39 Å². The molecule has 1 aromatic carbocycles. The van der Waals surface area contributed by atoms with E-state index < -0.39 is 0 Å². The fourth-order valence-corrected chi connectivity index (χ4v) is 3.87. The Bertz CT molecular complexity index is 458. The van der Waals surface area contributed by atoms with Crippen molar-refractivity contribution in [2.45, 2.75) is 52.5 Å². The molecule has 0 aliphatic heterocycles. The molecule has 2 atom stereocenters. The number of benzene rings is 1. The first-order valence-electron chi connectivity index (χ1n) is 7.64. The highest BCUT2D eigenvalue weighted by molar-refractivity contribution is 9.10. The highest BCUT2D eigenvalue weighted by atomic mass is 79.9. The van der Waals surface area contributed by atoms with Crippen LogP contribution in [0.15, 0.2) is 22.7 Å². The van der Waals surface area contributed by atoms with Gasteiger partial charge in [-0.2, -0.15) is 0 Å². The molecule has 0 heterocycles. The molecule has 2 unspecified atom stereocenters. The normalized spacial score (nSPS) is 22.9. The zero-order chi connectivity index (χ0) is 14.8. The van der Waals surface area contributed by atoms with Crippen LogP contribution in [0.5, 0.6) is 0 Å². The van der Waals surface area contributed by atoms with Crippen LogP contribution in [0.2, 0.25) is 0 Å². The molecule has 1 fully saturated rings. The molecule has 0 amide bonds. The average molecular weight is 342 g/mol. The van der Waals surface area contributed by atoms with Crippen molar-refractivity contribution in [2.24, 2.45) is 11.3 Å². The van der Waals surface area contributed by atoms with Crippen molar-refractivity contribution in [2.75, 3.05) is 6.54 Å². The first-order chi connectivity index (χ1) is 9.45. The molecule has 3 heteroatoms. The van der Waals surface area contributed by atoms with Crippen LogP contribution < -0.4 is 5.32 Å². The quantitative estimate of drug-likeness (QED) is 0.750. The Kier molecular flexibility index (Phi) is 5.25. The second-order valence-corrected chi connectivity index (χ2v) is 7.45. The lowest BCUT2D eigenvalue weighted by molar-refractivity contribution is 0.197. The van der Waals surface area contributed by atoms with Gasteiger partial charge in [-0.1, -0.05) is 33.3 Å². The molecule has 1 aromatic rings. The molecule has 112 valence electrons. The highest BCUT2D eigenvalue weighted by Gasteiger charge is 2.39. The molecule has 0 bridgehead atoms. The van der Waals surface area contributed by atoms with Crippen molar-refractivity contribution in [3.63, 3.8) is 0 Å². The number of hydrogen-bond donors (Lipinski definition) is 1. The fourth-order valence-electron chi connectivity index (χ4n) is 3.47. The van der Waals surface area contributed by atoms with Crippen molar-refractivity contribution >= 4 is 15.9 Å². The van der Waals surface area contributed by atoms with Gasteiger partial charge in [0, 0.05) is 6.04 Å². The standard InChI is InChI=1S/C17H25BrFN/c1-4-10-20-16(13-6-5-9-17(13,2)3)12-7-8-15(19)14(18)11-12/h7-8,11,13,16,20H,4-6,9-10H2,1-3H3. The predicted molar refractivity (Wildman–Crippen MR) is 86.3 cm³/mol. The summed E-state index contributed by atoms with van der Waals surface area (Å²) in [5.41, 5.74) is 1.55. The van der Waals surface area contributed by atoms with E-state index in [4.69, 9.17) is 0 Å². The van der Waals surface area contributed by atoms with E-state index in [1.807, 2.05) is 12.1 Å². The Balaban J connectivity index is 2.29. The van der Waals surface area contributed by atoms with Crippen molar-refractivity contribution in [3.8, 4) is 0 Å². The topological polar surface area (TPSA) is 12.0 Å². The smallest absolute Gasteiger partial charge is 0.137 e. The third-order valence-corrected chi connectivity index (χ3v) is 5.27. The van der Waals surface area contributed by atoms with Crippen molar-refractivity contribution in [3.05, 3.63) is 34.1 Å². The predicted octanol–water partition coefficient (Wildman–Crippen LogP) is 5.46. The average Bonchev–Trinajstić information content (AvgIpc) is 2.74. The Morgan fingerprint density at radius 1 is 1.45 bits per heavy atom. The van der Waals surface area contributed by atoms with E-state index in [9.17, 15) is 4.39 Å². The molecule has 0 saturated heterocycles. The van der Waals surface area contributed by atoms with Gasteiger partial charge in [0.25, 0.3) is 0 Å². The SMILES string of the molecule is CCCNC(c1ccc(F)c(Br)c1)C1CCCC1(C)C. The van der Waals surface area contributed by atoms with Crippen molar-refractivity contribution < 1.29 is 4.39 Å². The molecular formula is C17H25BrFN. The first-order valence-corrected chi connectivity index (χ1v) is 8.43. The summed E-state index contributed by atoms with van der Waals surface area (Å²) in [6.45, 7) is 7.92. The minimum Gasteiger partial charge on any atom is -0.310 e. The van der Waals surface area contributed by atoms with E-state index in [0.717, 1.165) is 13.0 Å². The number of hydrogen-bond acceptors (Lipinski definition) is 1. The Hall–Kier alpha value is -0.410. The molecule has 0 radical (unpaired) electrons. The van der Waals surface area contributed by atoms with Gasteiger partial charge in [-0.05, 0) is 70.8 Å². The Labute approximate surface area is 130 Å². The van der Waals surface area contributed by atoms with Gasteiger partial charge < -0.3 is 5.32 Å². The number of rotatable bonds is 5. The van der Waals surface area contributed by atoms with Crippen molar-refractivity contribution in [1.29, 1.82) is 0 Å². The minimum absolute atomic E-state index is 0.186. The van der Waals surface area contributed by atoms with Gasteiger partial charge in [0.1, 0.15) is 5.82 Å². The summed E-state index contributed by atoms with van der Waals surface area (Å²) < 4.78 is 14.0. The van der Waals surface area contributed by atoms with Crippen LogP contribution >= 0.6 is 15.9 Å². The maximum Gasteiger partial charge on any atom is 0.137 e.